The second-order valence-corrected chi connectivity index (χ2v) is 12.1. The van der Waals surface area contributed by atoms with Crippen LogP contribution in [0, 0.1) is 17.3 Å². The van der Waals surface area contributed by atoms with Crippen LogP contribution in [-0.4, -0.2) is 58.7 Å². The van der Waals surface area contributed by atoms with Gasteiger partial charge in [-0.05, 0) is 82.9 Å². The predicted octanol–water partition coefficient (Wildman–Crippen LogP) is 3.39. The van der Waals surface area contributed by atoms with Crippen molar-refractivity contribution in [3.63, 3.8) is 0 Å². The summed E-state index contributed by atoms with van der Waals surface area (Å²) in [6, 6.07) is 4.46. The maximum atomic E-state index is 11.4. The average molecular weight is 426 g/mol. The molecule has 0 radical (unpaired) electrons. The van der Waals surface area contributed by atoms with Crippen LogP contribution < -0.4 is 4.74 Å². The van der Waals surface area contributed by atoms with Gasteiger partial charge >= 0.3 is 0 Å². The van der Waals surface area contributed by atoms with Crippen molar-refractivity contribution in [3.8, 4) is 11.5 Å². The molecule has 1 unspecified atom stereocenters. The van der Waals surface area contributed by atoms with Crippen LogP contribution in [0.25, 0.3) is 0 Å². The molecule has 5 heteroatoms. The highest BCUT2D eigenvalue weighted by atomic mass is 16.6. The number of nitrogens with zero attached hydrogens (tertiary/aromatic N) is 1. The van der Waals surface area contributed by atoms with E-state index in [1.165, 1.54) is 30.5 Å². The topological polar surface area (TPSA) is 62.2 Å². The second-order valence-electron chi connectivity index (χ2n) is 12.1. The third-order valence-corrected chi connectivity index (χ3v) is 10.5. The normalized spacial score (nSPS) is 44.8. The number of ether oxygens (including phenoxy) is 2. The van der Waals surface area contributed by atoms with Gasteiger partial charge in [-0.1, -0.05) is 6.07 Å². The first-order valence-corrected chi connectivity index (χ1v) is 12.3. The molecule has 168 valence electrons. The number of likely N-dealkylation sites (tertiary alicyclic amines) is 1. The van der Waals surface area contributed by atoms with Gasteiger partial charge in [0, 0.05) is 42.0 Å². The van der Waals surface area contributed by atoms with Crippen molar-refractivity contribution >= 4 is 0 Å². The summed E-state index contributed by atoms with van der Waals surface area (Å²) in [4.78, 5) is 2.81. The summed E-state index contributed by atoms with van der Waals surface area (Å²) in [7, 11) is 1.81. The lowest BCUT2D eigenvalue weighted by Gasteiger charge is -2.75. The Morgan fingerprint density at radius 2 is 2.03 bits per heavy atom. The number of rotatable bonds is 4. The maximum Gasteiger partial charge on any atom is 0.165 e. The third-order valence-electron chi connectivity index (χ3n) is 10.5. The number of phenols is 1. The Balaban J connectivity index is 1.49. The first-order valence-electron chi connectivity index (χ1n) is 12.3. The summed E-state index contributed by atoms with van der Waals surface area (Å²) in [5.41, 5.74) is 1.24. The number of fused-ring (bicyclic) bond motifs is 2. The minimum atomic E-state index is -0.846. The first-order chi connectivity index (χ1) is 14.8. The van der Waals surface area contributed by atoms with E-state index >= 15 is 0 Å². The van der Waals surface area contributed by atoms with Crippen molar-refractivity contribution in [1.82, 2.24) is 4.90 Å². The fourth-order valence-electron chi connectivity index (χ4n) is 9.23. The SMILES string of the molecule is CO[C@@]12CCC3(C[C@@H]1C(C)(C)O)[C@H]1Cc4ccc(O)c5c4[C@@]3(CCN1CC1CC1)[C@H]2O5. The quantitative estimate of drug-likeness (QED) is 0.774. The summed E-state index contributed by atoms with van der Waals surface area (Å²) < 4.78 is 13.2. The van der Waals surface area contributed by atoms with Gasteiger partial charge in [-0.25, -0.2) is 0 Å². The number of benzene rings is 1. The molecule has 5 nitrogen and oxygen atoms in total. The highest BCUT2D eigenvalue weighted by Crippen LogP contribution is 2.77. The van der Waals surface area contributed by atoms with E-state index in [9.17, 15) is 10.2 Å². The Morgan fingerprint density at radius 1 is 1.23 bits per heavy atom. The molecule has 7 aliphatic rings. The van der Waals surface area contributed by atoms with Crippen molar-refractivity contribution in [3.05, 3.63) is 23.3 Å². The van der Waals surface area contributed by atoms with E-state index in [4.69, 9.17) is 9.47 Å². The number of phenolic OH excluding ortho intramolecular Hbond substituents is 1. The van der Waals surface area contributed by atoms with E-state index in [0.717, 1.165) is 44.6 Å². The average Bonchev–Trinajstić information content (AvgIpc) is 3.47. The van der Waals surface area contributed by atoms with Gasteiger partial charge in [-0.15, -0.1) is 0 Å². The van der Waals surface area contributed by atoms with Crippen molar-refractivity contribution in [1.29, 1.82) is 0 Å². The lowest BCUT2D eigenvalue weighted by molar-refractivity contribution is -0.300. The molecule has 4 bridgehead atoms. The Bertz CT molecular complexity index is 967. The molecule has 1 saturated heterocycles. The summed E-state index contributed by atoms with van der Waals surface area (Å²) in [5.74, 6) is 1.86. The minimum Gasteiger partial charge on any atom is -0.504 e. The molecule has 2 aliphatic heterocycles. The molecule has 4 saturated carbocycles. The zero-order chi connectivity index (χ0) is 21.4. The summed E-state index contributed by atoms with van der Waals surface area (Å²) in [6.07, 6.45) is 7.72. The zero-order valence-electron chi connectivity index (χ0n) is 19.0. The molecule has 5 aliphatic carbocycles. The van der Waals surface area contributed by atoms with Gasteiger partial charge in [0.05, 0.1) is 5.60 Å². The highest BCUT2D eigenvalue weighted by Gasteiger charge is 2.81. The van der Waals surface area contributed by atoms with Crippen LogP contribution in [-0.2, 0) is 16.6 Å². The smallest absolute Gasteiger partial charge is 0.165 e. The monoisotopic (exact) mass is 425 g/mol. The van der Waals surface area contributed by atoms with Crippen LogP contribution in [0.2, 0.25) is 0 Å². The summed E-state index contributed by atoms with van der Waals surface area (Å²) >= 11 is 0. The molecule has 6 atom stereocenters. The van der Waals surface area contributed by atoms with E-state index in [1.54, 1.807) is 0 Å². The van der Waals surface area contributed by atoms with Crippen molar-refractivity contribution in [2.45, 2.75) is 87.6 Å². The largest absolute Gasteiger partial charge is 0.504 e. The summed E-state index contributed by atoms with van der Waals surface area (Å²) in [6.45, 7) is 6.23. The fraction of sp³-hybridized carbons (Fsp3) is 0.769. The Kier molecular flexibility index (Phi) is 3.47. The molecule has 31 heavy (non-hydrogen) atoms. The van der Waals surface area contributed by atoms with Crippen LogP contribution in [0.15, 0.2) is 12.1 Å². The number of hydrogen-bond acceptors (Lipinski definition) is 5. The number of aromatic hydroxyl groups is 1. The first kappa shape index (κ1) is 19.2. The Morgan fingerprint density at radius 3 is 2.74 bits per heavy atom. The lowest BCUT2D eigenvalue weighted by Crippen LogP contribution is -2.82. The highest BCUT2D eigenvalue weighted by molar-refractivity contribution is 5.63. The van der Waals surface area contributed by atoms with Crippen LogP contribution in [0.5, 0.6) is 11.5 Å². The van der Waals surface area contributed by atoms with Crippen LogP contribution in [0.1, 0.15) is 63.5 Å². The van der Waals surface area contributed by atoms with Crippen LogP contribution in [0.3, 0.4) is 0 Å². The molecule has 1 aromatic rings. The number of aliphatic hydroxyl groups is 1. The molecule has 0 amide bonds. The van der Waals surface area contributed by atoms with E-state index in [1.807, 2.05) is 27.0 Å². The predicted molar refractivity (Wildman–Crippen MR) is 116 cm³/mol. The van der Waals surface area contributed by atoms with E-state index in [-0.39, 0.29) is 28.6 Å². The molecule has 1 aromatic carbocycles. The number of piperidine rings is 1. The Labute approximate surface area is 184 Å². The van der Waals surface area contributed by atoms with Gasteiger partial charge in [0.1, 0.15) is 11.7 Å². The minimum absolute atomic E-state index is 0.0123. The molecular formula is C26H35NO4. The standard InChI is InChI=1S/C26H35NO4/c1-23(2,29)18-13-24-8-9-26(18,30-3)22-25(24)10-11-27(14-15-4-5-15)19(24)12-16-6-7-17(28)21(31-22)20(16)25/h6-7,15,18-19,22,28-29H,4-5,8-14H2,1-3H3/t18-,19-,22-,24?,25+,26+/m1/s1. The van der Waals surface area contributed by atoms with Gasteiger partial charge in [-0.2, -0.15) is 0 Å². The number of methoxy groups -OCH3 is 1. The fourth-order valence-corrected chi connectivity index (χ4v) is 9.23. The zero-order valence-corrected chi connectivity index (χ0v) is 19.0. The van der Waals surface area contributed by atoms with E-state index < -0.39 is 11.2 Å². The van der Waals surface area contributed by atoms with Crippen LogP contribution >= 0.6 is 0 Å². The van der Waals surface area contributed by atoms with Gasteiger partial charge in [0.15, 0.2) is 11.5 Å². The van der Waals surface area contributed by atoms with Gasteiger partial charge < -0.3 is 19.7 Å². The molecule has 0 aromatic heterocycles. The van der Waals surface area contributed by atoms with Gasteiger partial charge in [-0.3, -0.25) is 4.90 Å². The number of hydrogen-bond donors (Lipinski definition) is 2. The van der Waals surface area contributed by atoms with E-state index in [0.29, 0.717) is 11.8 Å². The van der Waals surface area contributed by atoms with Gasteiger partial charge in [0.2, 0.25) is 0 Å². The molecular weight excluding hydrogens is 390 g/mol. The van der Waals surface area contributed by atoms with Crippen molar-refractivity contribution in [2.75, 3.05) is 20.2 Å². The second kappa shape index (κ2) is 5.60. The van der Waals surface area contributed by atoms with Gasteiger partial charge in [0.25, 0.3) is 0 Å². The third kappa shape index (κ3) is 2.02. The Hall–Kier alpha value is -1.30. The molecule has 2 heterocycles. The molecule has 2 spiro atoms. The maximum absolute atomic E-state index is 11.4. The van der Waals surface area contributed by atoms with E-state index in [2.05, 4.69) is 11.0 Å². The van der Waals surface area contributed by atoms with Crippen molar-refractivity contribution < 1.29 is 19.7 Å². The summed E-state index contributed by atoms with van der Waals surface area (Å²) in [5, 5.41) is 22.2. The molecule has 2 N–H and O–H groups in total. The van der Waals surface area contributed by atoms with Crippen LogP contribution in [0.4, 0.5) is 0 Å². The lowest BCUT2D eigenvalue weighted by atomic mass is 9.34. The van der Waals surface area contributed by atoms with Crippen molar-refractivity contribution in [2.24, 2.45) is 17.3 Å². The molecule has 8 rings (SSSR count). The molecule has 5 fully saturated rings.